The minimum atomic E-state index is -0.155. The molecule has 0 saturated heterocycles. The van der Waals surface area contributed by atoms with Crippen molar-refractivity contribution in [2.24, 2.45) is 0 Å². The van der Waals surface area contributed by atoms with Crippen molar-refractivity contribution >= 4 is 11.8 Å². The Hall–Kier alpha value is -2.69. The summed E-state index contributed by atoms with van der Waals surface area (Å²) in [5.74, 6) is -0.260. The number of hydrogen-bond acceptors (Lipinski definition) is 3. The summed E-state index contributed by atoms with van der Waals surface area (Å²) in [6, 6.07) is 11.5. The third kappa shape index (κ3) is 4.65. The Labute approximate surface area is 142 Å². The van der Waals surface area contributed by atoms with Gasteiger partial charge in [0.05, 0.1) is 5.69 Å². The molecule has 2 amide bonds. The SMILES string of the molecule is CCc1nc(-c2ccc(C(=O)NCCNC(C)=O)cc2)ccc1C. The van der Waals surface area contributed by atoms with Crippen LogP contribution in [0.3, 0.4) is 0 Å². The van der Waals surface area contributed by atoms with Crippen LogP contribution in [-0.2, 0) is 11.2 Å². The van der Waals surface area contributed by atoms with Crippen LogP contribution in [0.15, 0.2) is 36.4 Å². The maximum Gasteiger partial charge on any atom is 0.251 e. The second-order valence-electron chi connectivity index (χ2n) is 5.63. The summed E-state index contributed by atoms with van der Waals surface area (Å²) in [6.45, 7) is 6.42. The molecular formula is C19H23N3O2. The van der Waals surface area contributed by atoms with Crippen molar-refractivity contribution in [1.29, 1.82) is 0 Å². The predicted octanol–water partition coefficient (Wildman–Crippen LogP) is 2.49. The zero-order valence-corrected chi connectivity index (χ0v) is 14.3. The van der Waals surface area contributed by atoms with Gasteiger partial charge in [0.2, 0.25) is 5.91 Å². The quantitative estimate of drug-likeness (QED) is 0.802. The molecule has 1 heterocycles. The first-order chi connectivity index (χ1) is 11.5. The van der Waals surface area contributed by atoms with Crippen LogP contribution in [0.5, 0.6) is 0 Å². The Bertz CT molecular complexity index is 724. The van der Waals surface area contributed by atoms with Crippen LogP contribution in [0.25, 0.3) is 11.3 Å². The Balaban J connectivity index is 2.02. The minimum Gasteiger partial charge on any atom is -0.355 e. The van der Waals surface area contributed by atoms with E-state index in [9.17, 15) is 9.59 Å². The molecule has 0 saturated carbocycles. The Morgan fingerprint density at radius 2 is 1.67 bits per heavy atom. The lowest BCUT2D eigenvalue weighted by molar-refractivity contribution is -0.118. The van der Waals surface area contributed by atoms with Crippen molar-refractivity contribution in [3.8, 4) is 11.3 Å². The van der Waals surface area contributed by atoms with Crippen LogP contribution >= 0.6 is 0 Å². The molecule has 0 bridgehead atoms. The zero-order chi connectivity index (χ0) is 17.5. The Kier molecular flexibility index (Phi) is 6.07. The highest BCUT2D eigenvalue weighted by Gasteiger charge is 2.07. The standard InChI is InChI=1S/C19H23N3O2/c1-4-17-13(2)5-10-18(22-17)15-6-8-16(9-7-15)19(24)21-12-11-20-14(3)23/h5-10H,4,11-12H2,1-3H3,(H,20,23)(H,21,24). The van der Waals surface area contributed by atoms with Gasteiger partial charge in [-0.2, -0.15) is 0 Å². The number of carbonyl (C=O) groups excluding carboxylic acids is 2. The van der Waals surface area contributed by atoms with Crippen LogP contribution in [0.1, 0.15) is 35.5 Å². The summed E-state index contributed by atoms with van der Waals surface area (Å²) in [7, 11) is 0. The van der Waals surface area contributed by atoms with E-state index < -0.39 is 0 Å². The maximum atomic E-state index is 12.0. The average Bonchev–Trinajstić information content (AvgIpc) is 2.59. The number of amides is 2. The summed E-state index contributed by atoms with van der Waals surface area (Å²) in [6.07, 6.45) is 0.897. The van der Waals surface area contributed by atoms with Crippen molar-refractivity contribution in [2.75, 3.05) is 13.1 Å². The highest BCUT2D eigenvalue weighted by Crippen LogP contribution is 2.20. The first-order valence-corrected chi connectivity index (χ1v) is 8.11. The van der Waals surface area contributed by atoms with Crippen molar-refractivity contribution in [1.82, 2.24) is 15.6 Å². The van der Waals surface area contributed by atoms with Crippen LogP contribution in [0, 0.1) is 6.92 Å². The van der Waals surface area contributed by atoms with Crippen molar-refractivity contribution < 1.29 is 9.59 Å². The molecule has 0 aliphatic heterocycles. The first-order valence-electron chi connectivity index (χ1n) is 8.11. The van der Waals surface area contributed by atoms with E-state index in [1.165, 1.54) is 12.5 Å². The fraction of sp³-hybridized carbons (Fsp3) is 0.316. The normalized spacial score (nSPS) is 10.3. The van der Waals surface area contributed by atoms with E-state index in [2.05, 4.69) is 35.5 Å². The van der Waals surface area contributed by atoms with Crippen molar-refractivity contribution in [2.45, 2.75) is 27.2 Å². The van der Waals surface area contributed by atoms with Gasteiger partial charge in [0.25, 0.3) is 5.91 Å². The third-order valence-corrected chi connectivity index (χ3v) is 3.76. The van der Waals surface area contributed by atoms with Crippen LogP contribution < -0.4 is 10.6 Å². The summed E-state index contributed by atoms with van der Waals surface area (Å²) in [5, 5.41) is 5.41. The van der Waals surface area contributed by atoms with Crippen LogP contribution in [0.2, 0.25) is 0 Å². The summed E-state index contributed by atoms with van der Waals surface area (Å²) in [4.78, 5) is 27.5. The van der Waals surface area contributed by atoms with Gasteiger partial charge in [0.1, 0.15) is 0 Å². The Morgan fingerprint density at radius 1 is 1.00 bits per heavy atom. The number of nitrogens with one attached hydrogen (secondary N) is 2. The number of pyridine rings is 1. The van der Waals surface area contributed by atoms with E-state index in [0.717, 1.165) is 23.4 Å². The number of hydrogen-bond donors (Lipinski definition) is 2. The summed E-state index contributed by atoms with van der Waals surface area (Å²) >= 11 is 0. The van der Waals surface area contributed by atoms with Gasteiger partial charge in [-0.1, -0.05) is 25.1 Å². The highest BCUT2D eigenvalue weighted by atomic mass is 16.2. The average molecular weight is 325 g/mol. The monoisotopic (exact) mass is 325 g/mol. The second-order valence-corrected chi connectivity index (χ2v) is 5.63. The molecule has 126 valence electrons. The van der Waals surface area contributed by atoms with Crippen LogP contribution in [-0.4, -0.2) is 29.9 Å². The van der Waals surface area contributed by atoms with Gasteiger partial charge in [-0.3, -0.25) is 14.6 Å². The number of carbonyl (C=O) groups is 2. The molecule has 1 aromatic heterocycles. The van der Waals surface area contributed by atoms with Crippen molar-refractivity contribution in [3.05, 3.63) is 53.2 Å². The molecule has 24 heavy (non-hydrogen) atoms. The van der Waals surface area contributed by atoms with Gasteiger partial charge in [0, 0.05) is 36.8 Å². The topological polar surface area (TPSA) is 71.1 Å². The molecule has 2 aromatic rings. The van der Waals surface area contributed by atoms with Gasteiger partial charge >= 0.3 is 0 Å². The largest absolute Gasteiger partial charge is 0.355 e. The summed E-state index contributed by atoms with van der Waals surface area (Å²) < 4.78 is 0. The fourth-order valence-corrected chi connectivity index (χ4v) is 2.40. The molecule has 0 radical (unpaired) electrons. The minimum absolute atomic E-state index is 0.106. The number of aryl methyl sites for hydroxylation is 2. The van der Waals surface area contributed by atoms with E-state index in [1.54, 1.807) is 12.1 Å². The molecule has 0 unspecified atom stereocenters. The molecule has 5 heteroatoms. The summed E-state index contributed by atoms with van der Waals surface area (Å²) in [5.41, 5.74) is 4.77. The third-order valence-electron chi connectivity index (χ3n) is 3.76. The van der Waals surface area contributed by atoms with Gasteiger partial charge in [-0.05, 0) is 37.1 Å². The van der Waals surface area contributed by atoms with Gasteiger partial charge in [0.15, 0.2) is 0 Å². The van der Waals surface area contributed by atoms with E-state index >= 15 is 0 Å². The van der Waals surface area contributed by atoms with E-state index in [-0.39, 0.29) is 11.8 Å². The molecule has 0 fully saturated rings. The molecule has 0 spiro atoms. The van der Waals surface area contributed by atoms with E-state index in [0.29, 0.717) is 18.7 Å². The second kappa shape index (κ2) is 8.24. The molecule has 2 N–H and O–H groups in total. The molecule has 5 nitrogen and oxygen atoms in total. The number of aromatic nitrogens is 1. The van der Waals surface area contributed by atoms with E-state index in [1.807, 2.05) is 18.2 Å². The molecule has 2 rings (SSSR count). The Morgan fingerprint density at radius 3 is 2.29 bits per heavy atom. The maximum absolute atomic E-state index is 12.0. The van der Waals surface area contributed by atoms with Gasteiger partial charge in [-0.15, -0.1) is 0 Å². The molecule has 0 aliphatic rings. The molecule has 0 atom stereocenters. The smallest absolute Gasteiger partial charge is 0.251 e. The highest BCUT2D eigenvalue weighted by molar-refractivity contribution is 5.94. The zero-order valence-electron chi connectivity index (χ0n) is 14.3. The molecule has 1 aromatic carbocycles. The van der Waals surface area contributed by atoms with Crippen LogP contribution in [0.4, 0.5) is 0 Å². The number of benzene rings is 1. The lowest BCUT2D eigenvalue weighted by Crippen LogP contribution is -2.33. The fourth-order valence-electron chi connectivity index (χ4n) is 2.40. The van der Waals surface area contributed by atoms with Gasteiger partial charge < -0.3 is 10.6 Å². The van der Waals surface area contributed by atoms with E-state index in [4.69, 9.17) is 0 Å². The number of rotatable bonds is 6. The van der Waals surface area contributed by atoms with Crippen molar-refractivity contribution in [3.63, 3.8) is 0 Å². The van der Waals surface area contributed by atoms with Gasteiger partial charge in [-0.25, -0.2) is 0 Å². The lowest BCUT2D eigenvalue weighted by Gasteiger charge is -2.08. The molecular weight excluding hydrogens is 302 g/mol. The number of nitrogens with zero attached hydrogens (tertiary/aromatic N) is 1. The lowest BCUT2D eigenvalue weighted by atomic mass is 10.1. The molecule has 0 aliphatic carbocycles. The first kappa shape index (κ1) is 17.7. The predicted molar refractivity (Wildman–Crippen MR) is 94.8 cm³/mol.